The van der Waals surface area contributed by atoms with Crippen LogP contribution in [0, 0.1) is 23.6 Å². The van der Waals surface area contributed by atoms with Crippen LogP contribution in [0.3, 0.4) is 0 Å². The number of carbonyl (C=O) groups excluding carboxylic acids is 4. The van der Waals surface area contributed by atoms with Crippen LogP contribution in [0.4, 0.5) is 10.1 Å². The Labute approximate surface area is 270 Å². The normalized spacial score (nSPS) is 33.2. The number of para-hydroxylation sites is 1. The minimum Gasteiger partial charge on any atom is -0.491 e. The van der Waals surface area contributed by atoms with Crippen molar-refractivity contribution in [1.29, 1.82) is 0 Å². The van der Waals surface area contributed by atoms with Crippen molar-refractivity contribution in [1.82, 2.24) is 4.90 Å². The lowest BCUT2D eigenvalue weighted by Gasteiger charge is -2.51. The molecular formula is C34H33Cl2FN2O6. The van der Waals surface area contributed by atoms with Gasteiger partial charge in [0, 0.05) is 17.5 Å². The quantitative estimate of drug-likeness (QED) is 0.264. The molecule has 2 aliphatic heterocycles. The number of aliphatic hydroxyl groups is 1. The maximum atomic E-state index is 14.5. The highest BCUT2D eigenvalue weighted by atomic mass is 35.5. The Hall–Kier alpha value is -3.27. The van der Waals surface area contributed by atoms with Crippen LogP contribution in [0.25, 0.3) is 0 Å². The van der Waals surface area contributed by atoms with E-state index in [1.54, 1.807) is 24.3 Å². The van der Waals surface area contributed by atoms with Crippen molar-refractivity contribution >= 4 is 52.5 Å². The summed E-state index contributed by atoms with van der Waals surface area (Å²) >= 11 is 14.9. The molecular weight excluding hydrogens is 622 g/mol. The summed E-state index contributed by atoms with van der Waals surface area (Å²) < 4.78 is 19.8. The number of hydrogen-bond donors (Lipinski definition) is 1. The summed E-state index contributed by atoms with van der Waals surface area (Å²) in [5.41, 5.74) is 1.26. The first kappa shape index (κ1) is 30.4. The monoisotopic (exact) mass is 654 g/mol. The van der Waals surface area contributed by atoms with E-state index in [9.17, 15) is 28.7 Å². The van der Waals surface area contributed by atoms with Crippen LogP contribution in [0.15, 0.2) is 60.2 Å². The van der Waals surface area contributed by atoms with Crippen LogP contribution in [-0.2, 0) is 19.2 Å². The second-order valence-electron chi connectivity index (χ2n) is 12.7. The van der Waals surface area contributed by atoms with Crippen molar-refractivity contribution in [2.45, 2.75) is 66.7 Å². The second kappa shape index (κ2) is 11.2. The predicted molar refractivity (Wildman–Crippen MR) is 164 cm³/mol. The van der Waals surface area contributed by atoms with Crippen LogP contribution in [0.1, 0.15) is 56.4 Å². The van der Waals surface area contributed by atoms with Crippen molar-refractivity contribution in [3.8, 4) is 5.75 Å². The summed E-state index contributed by atoms with van der Waals surface area (Å²) in [5.74, 6) is -5.21. The Morgan fingerprint density at radius 3 is 2.33 bits per heavy atom. The van der Waals surface area contributed by atoms with Crippen molar-refractivity contribution in [3.05, 3.63) is 71.6 Å². The smallest absolute Gasteiger partial charge is 0.258 e. The van der Waals surface area contributed by atoms with Gasteiger partial charge in [-0.2, -0.15) is 0 Å². The second-order valence-corrected chi connectivity index (χ2v) is 13.9. The van der Waals surface area contributed by atoms with Gasteiger partial charge in [0.05, 0.1) is 24.1 Å². The van der Waals surface area contributed by atoms with Crippen molar-refractivity contribution in [2.24, 2.45) is 17.8 Å². The van der Waals surface area contributed by atoms with Crippen LogP contribution in [0.5, 0.6) is 5.75 Å². The summed E-state index contributed by atoms with van der Waals surface area (Å²) in [4.78, 5) is 55.2. The third-order valence-electron chi connectivity index (χ3n) is 10.4. The molecule has 1 N–H and O–H groups in total. The fraction of sp³-hybridized carbons (Fsp3) is 0.471. The summed E-state index contributed by atoms with van der Waals surface area (Å²) in [6.45, 7) is -0.293. The first-order chi connectivity index (χ1) is 21.6. The van der Waals surface area contributed by atoms with E-state index in [1.807, 2.05) is 6.08 Å². The third-order valence-corrected chi connectivity index (χ3v) is 11.9. The lowest BCUT2D eigenvalue weighted by molar-refractivity contribution is -0.143. The van der Waals surface area contributed by atoms with Gasteiger partial charge in [0.15, 0.2) is 9.75 Å². The number of anilines is 1. The van der Waals surface area contributed by atoms with Gasteiger partial charge in [-0.05, 0) is 61.9 Å². The average Bonchev–Trinajstić information content (AvgIpc) is 3.39. The SMILES string of the molecule is O=C1[C@H]2[C@H](CC=C3[C@H]2C[C@@]2(Cl)C(=O)N(c4ccc(F)cc4)C(=O)[C@@]2(Cl)[C@H]3c2ccccc2OCCO)C(=O)N1C1CCCCC1. The molecule has 0 bridgehead atoms. The molecule has 0 radical (unpaired) electrons. The van der Waals surface area contributed by atoms with Gasteiger partial charge in [-0.1, -0.05) is 49.1 Å². The number of imide groups is 2. The van der Waals surface area contributed by atoms with E-state index in [-0.39, 0.29) is 49.6 Å². The summed E-state index contributed by atoms with van der Waals surface area (Å²) in [6.07, 6.45) is 6.55. The fourth-order valence-electron chi connectivity index (χ4n) is 8.47. The molecule has 2 saturated heterocycles. The summed E-state index contributed by atoms with van der Waals surface area (Å²) in [7, 11) is 0. The number of ether oxygens (including phenoxy) is 1. The number of likely N-dealkylation sites (tertiary alicyclic amines) is 1. The van der Waals surface area contributed by atoms with Gasteiger partial charge in [0.2, 0.25) is 11.8 Å². The van der Waals surface area contributed by atoms with E-state index in [1.165, 1.54) is 17.0 Å². The number of carbonyl (C=O) groups is 4. The standard InChI is InChI=1S/C34H33Cl2FN2O6/c35-33-18-25-22(14-15-24-27(25)30(42)38(29(24)41)20-6-2-1-3-7-20)28(23-8-4-5-9-26(23)45-17-16-40)34(33,36)32(44)39(31(33)43)21-12-10-19(37)11-13-21/h4-5,8-14,20,24-25,27-28,40H,1-3,6-7,15-18H2/t24-,25+,27-,28+,33+,34-/m0/s1. The van der Waals surface area contributed by atoms with Crippen LogP contribution in [0.2, 0.25) is 0 Å². The number of amides is 4. The highest BCUT2D eigenvalue weighted by Gasteiger charge is 2.77. The molecule has 8 nitrogen and oxygen atoms in total. The molecule has 236 valence electrons. The van der Waals surface area contributed by atoms with Gasteiger partial charge in [0.25, 0.3) is 11.8 Å². The lowest BCUT2D eigenvalue weighted by atomic mass is 9.56. The molecule has 0 aromatic heterocycles. The molecule has 0 spiro atoms. The Morgan fingerprint density at radius 2 is 1.62 bits per heavy atom. The highest BCUT2D eigenvalue weighted by molar-refractivity contribution is 6.58. The molecule has 2 heterocycles. The number of nitrogens with zero attached hydrogens (tertiary/aromatic N) is 2. The maximum absolute atomic E-state index is 14.5. The van der Waals surface area contributed by atoms with E-state index in [4.69, 9.17) is 27.9 Å². The molecule has 5 aliphatic rings. The van der Waals surface area contributed by atoms with E-state index in [0.717, 1.165) is 49.1 Å². The highest BCUT2D eigenvalue weighted by Crippen LogP contribution is 2.66. The first-order valence-corrected chi connectivity index (χ1v) is 16.3. The first-order valence-electron chi connectivity index (χ1n) is 15.5. The average molecular weight is 656 g/mol. The van der Waals surface area contributed by atoms with Gasteiger partial charge >= 0.3 is 0 Å². The molecule has 4 fully saturated rings. The minimum absolute atomic E-state index is 0.0316. The van der Waals surface area contributed by atoms with Crippen molar-refractivity contribution in [3.63, 3.8) is 0 Å². The molecule has 2 aromatic rings. The zero-order valence-electron chi connectivity index (χ0n) is 24.5. The van der Waals surface area contributed by atoms with Gasteiger partial charge < -0.3 is 9.84 Å². The molecule has 11 heteroatoms. The molecule has 3 aliphatic carbocycles. The predicted octanol–water partition coefficient (Wildman–Crippen LogP) is 5.09. The van der Waals surface area contributed by atoms with Crippen LogP contribution < -0.4 is 9.64 Å². The molecule has 6 atom stereocenters. The number of benzene rings is 2. The zero-order valence-corrected chi connectivity index (χ0v) is 26.0. The minimum atomic E-state index is -2.05. The molecule has 45 heavy (non-hydrogen) atoms. The van der Waals surface area contributed by atoms with Gasteiger partial charge in [-0.15, -0.1) is 23.2 Å². The van der Waals surface area contributed by atoms with Crippen molar-refractivity contribution in [2.75, 3.05) is 18.1 Å². The molecule has 4 amide bonds. The summed E-state index contributed by atoms with van der Waals surface area (Å²) in [5, 5.41) is 9.51. The van der Waals surface area contributed by atoms with Crippen LogP contribution in [-0.4, -0.2) is 62.6 Å². The number of aliphatic hydroxyl groups excluding tert-OH is 1. The zero-order chi connectivity index (χ0) is 31.7. The summed E-state index contributed by atoms with van der Waals surface area (Å²) in [6, 6.07) is 11.7. The number of alkyl halides is 2. The van der Waals surface area contributed by atoms with E-state index < -0.39 is 51.1 Å². The van der Waals surface area contributed by atoms with Crippen LogP contribution >= 0.6 is 23.2 Å². The number of hydrogen-bond acceptors (Lipinski definition) is 6. The largest absolute Gasteiger partial charge is 0.491 e. The molecule has 0 unspecified atom stereocenters. The van der Waals surface area contributed by atoms with E-state index >= 15 is 0 Å². The Kier molecular flexibility index (Phi) is 7.57. The molecule has 2 saturated carbocycles. The number of allylic oxidation sites excluding steroid dienone is 2. The topological polar surface area (TPSA) is 104 Å². The van der Waals surface area contributed by atoms with E-state index in [2.05, 4.69) is 0 Å². The van der Waals surface area contributed by atoms with E-state index in [0.29, 0.717) is 16.9 Å². The molecule has 2 aromatic carbocycles. The maximum Gasteiger partial charge on any atom is 0.258 e. The number of halogens is 3. The van der Waals surface area contributed by atoms with Crippen molar-refractivity contribution < 1.29 is 33.4 Å². The van der Waals surface area contributed by atoms with Gasteiger partial charge in [-0.3, -0.25) is 24.1 Å². The van der Waals surface area contributed by atoms with Gasteiger partial charge in [0.1, 0.15) is 18.2 Å². The Balaban J connectivity index is 1.39. The number of rotatable bonds is 6. The Bertz CT molecular complexity index is 1610. The van der Waals surface area contributed by atoms with Gasteiger partial charge in [-0.25, -0.2) is 9.29 Å². The third kappa shape index (κ3) is 4.33. The molecule has 7 rings (SSSR count). The number of fused-ring (bicyclic) bond motifs is 4. The lowest BCUT2D eigenvalue weighted by Crippen LogP contribution is -2.60. The fourth-order valence-corrected chi connectivity index (χ4v) is 9.40. The Morgan fingerprint density at radius 1 is 0.911 bits per heavy atom.